The monoisotopic (exact) mass is 242 g/mol. The van der Waals surface area contributed by atoms with Gasteiger partial charge in [-0.1, -0.05) is 5.92 Å². The molecule has 0 amide bonds. The predicted octanol–water partition coefficient (Wildman–Crippen LogP) is 2.77. The van der Waals surface area contributed by atoms with Gasteiger partial charge in [-0.15, -0.1) is 0 Å². The molecule has 0 aliphatic heterocycles. The van der Waals surface area contributed by atoms with Crippen molar-refractivity contribution in [3.05, 3.63) is 35.4 Å². The molecule has 0 fully saturated rings. The quantitative estimate of drug-likeness (QED) is 0.547. The Morgan fingerprint density at radius 2 is 1.92 bits per heavy atom. The Morgan fingerprint density at radius 1 is 1.33 bits per heavy atom. The first-order valence-electron chi connectivity index (χ1n) is 3.15. The molecule has 0 spiro atoms. The van der Waals surface area contributed by atoms with Crippen LogP contribution in [0.3, 0.4) is 0 Å². The molecule has 0 saturated heterocycles. The van der Waals surface area contributed by atoms with Crippen LogP contribution in [0.1, 0.15) is 15.9 Å². The third-order valence-corrected chi connectivity index (χ3v) is 1.72. The molecule has 1 nitrogen and oxygen atoms in total. The van der Waals surface area contributed by atoms with Crippen molar-refractivity contribution in [1.82, 2.24) is 0 Å². The smallest absolute Gasteiger partial charge is 0.252 e. The van der Waals surface area contributed by atoms with Crippen LogP contribution >= 0.6 is 27.5 Å². The second-order valence-corrected chi connectivity index (χ2v) is 2.81. The Bertz CT molecular complexity index is 345. The summed E-state index contributed by atoms with van der Waals surface area (Å²) in [4.78, 5) is 13.2. The Balaban J connectivity index is 2.98. The van der Waals surface area contributed by atoms with E-state index in [2.05, 4.69) is 26.7 Å². The first-order chi connectivity index (χ1) is 5.74. The molecule has 12 heavy (non-hydrogen) atoms. The maximum Gasteiger partial charge on any atom is 0.252 e. The maximum absolute atomic E-state index is 10.6. The molecule has 0 unspecified atom stereocenters. The summed E-state index contributed by atoms with van der Waals surface area (Å²) < 4.78 is 0. The zero-order valence-corrected chi connectivity index (χ0v) is 8.32. The minimum atomic E-state index is -0.451. The summed E-state index contributed by atoms with van der Waals surface area (Å²) in [5.74, 6) is 2.79. The topological polar surface area (TPSA) is 17.1 Å². The molecule has 0 atom stereocenters. The van der Waals surface area contributed by atoms with Crippen molar-refractivity contribution < 1.29 is 4.79 Å². The van der Waals surface area contributed by atoms with Crippen molar-refractivity contribution in [3.63, 3.8) is 0 Å². The van der Waals surface area contributed by atoms with E-state index in [1.54, 1.807) is 24.3 Å². The van der Waals surface area contributed by atoms with E-state index in [0.717, 1.165) is 5.56 Å². The molecule has 0 aliphatic carbocycles. The van der Waals surface area contributed by atoms with E-state index in [0.29, 0.717) is 5.56 Å². The predicted molar refractivity (Wildman–Crippen MR) is 52.4 cm³/mol. The van der Waals surface area contributed by atoms with Gasteiger partial charge in [-0.25, -0.2) is 0 Å². The number of hydrogen-bond acceptors (Lipinski definition) is 1. The molecule has 0 saturated carbocycles. The summed E-state index contributed by atoms with van der Waals surface area (Å²) in [6.45, 7) is 0. The second kappa shape index (κ2) is 4.30. The number of benzene rings is 1. The molecule has 1 rings (SSSR count). The largest absolute Gasteiger partial charge is 0.276 e. The van der Waals surface area contributed by atoms with Crippen LogP contribution in [0, 0.1) is 10.8 Å². The average molecular weight is 243 g/mol. The minimum absolute atomic E-state index is 0.451. The molecule has 1 aromatic rings. The highest BCUT2D eigenvalue weighted by Crippen LogP contribution is 2.05. The van der Waals surface area contributed by atoms with Crippen LogP contribution in [0.25, 0.3) is 0 Å². The molecule has 0 heterocycles. The molecule has 60 valence electrons. The number of halogens is 2. The maximum atomic E-state index is 10.6. The number of carbonyl (C=O) groups excluding carboxylic acids is 1. The molecule has 0 aliphatic rings. The van der Waals surface area contributed by atoms with E-state index in [4.69, 9.17) is 11.6 Å². The fourth-order valence-electron chi connectivity index (χ4n) is 0.739. The van der Waals surface area contributed by atoms with Gasteiger partial charge in [-0.2, -0.15) is 0 Å². The van der Waals surface area contributed by atoms with E-state index in [9.17, 15) is 4.79 Å². The standard InChI is InChI=1S/C9H4BrClO/c10-6-5-7-1-3-8(4-2-7)9(11)12/h1-4H. The third-order valence-electron chi connectivity index (χ3n) is 1.30. The summed E-state index contributed by atoms with van der Waals surface area (Å²) >= 11 is 8.23. The minimum Gasteiger partial charge on any atom is -0.276 e. The van der Waals surface area contributed by atoms with E-state index in [1.807, 2.05) is 0 Å². The van der Waals surface area contributed by atoms with E-state index in [1.165, 1.54) is 0 Å². The van der Waals surface area contributed by atoms with Gasteiger partial charge in [0.2, 0.25) is 0 Å². The lowest BCUT2D eigenvalue weighted by Crippen LogP contribution is -1.87. The summed E-state index contributed by atoms with van der Waals surface area (Å²) in [7, 11) is 0. The van der Waals surface area contributed by atoms with Gasteiger partial charge in [0.05, 0.1) is 0 Å². The van der Waals surface area contributed by atoms with Gasteiger partial charge in [-0.05, 0) is 40.7 Å². The van der Waals surface area contributed by atoms with Gasteiger partial charge < -0.3 is 0 Å². The number of rotatable bonds is 1. The van der Waals surface area contributed by atoms with Gasteiger partial charge in [0.1, 0.15) is 0 Å². The third kappa shape index (κ3) is 2.37. The van der Waals surface area contributed by atoms with Crippen molar-refractivity contribution >= 4 is 32.8 Å². The molecule has 0 bridgehead atoms. The first kappa shape index (κ1) is 9.31. The fourth-order valence-corrected chi connectivity index (χ4v) is 1.09. The molecule has 0 aromatic heterocycles. The second-order valence-electron chi connectivity index (χ2n) is 2.07. The van der Waals surface area contributed by atoms with Crippen LogP contribution in [0.4, 0.5) is 0 Å². The average Bonchev–Trinajstić information content (AvgIpc) is 2.06. The zero-order valence-electron chi connectivity index (χ0n) is 5.97. The summed E-state index contributed by atoms with van der Waals surface area (Å²) in [6, 6.07) is 6.76. The highest BCUT2D eigenvalue weighted by atomic mass is 79.9. The lowest BCUT2D eigenvalue weighted by Gasteiger charge is -1.92. The normalized spacial score (nSPS) is 8.50. The highest BCUT2D eigenvalue weighted by Gasteiger charge is 1.98. The molecule has 1 aromatic carbocycles. The van der Waals surface area contributed by atoms with Gasteiger partial charge in [0.25, 0.3) is 5.24 Å². The molecular weight excluding hydrogens is 239 g/mol. The van der Waals surface area contributed by atoms with Crippen molar-refractivity contribution in [2.45, 2.75) is 0 Å². The van der Waals surface area contributed by atoms with Crippen LogP contribution in [-0.4, -0.2) is 5.24 Å². The summed E-state index contributed by atoms with van der Waals surface area (Å²) in [6.07, 6.45) is 0. The summed E-state index contributed by atoms with van der Waals surface area (Å²) in [5, 5.41) is -0.451. The van der Waals surface area contributed by atoms with Crippen LogP contribution < -0.4 is 0 Å². The molecular formula is C9H4BrClO. The molecule has 3 heteroatoms. The van der Waals surface area contributed by atoms with Crippen LogP contribution in [0.15, 0.2) is 24.3 Å². The zero-order chi connectivity index (χ0) is 8.97. The van der Waals surface area contributed by atoms with Crippen molar-refractivity contribution in [3.8, 4) is 10.8 Å². The van der Waals surface area contributed by atoms with Crippen LogP contribution in [-0.2, 0) is 0 Å². The summed E-state index contributed by atoms with van der Waals surface area (Å²) in [5.41, 5.74) is 1.32. The Labute approximate surface area is 83.9 Å². The van der Waals surface area contributed by atoms with E-state index >= 15 is 0 Å². The van der Waals surface area contributed by atoms with Crippen molar-refractivity contribution in [2.24, 2.45) is 0 Å². The SMILES string of the molecule is O=C(Cl)c1ccc(C#CBr)cc1. The lowest BCUT2D eigenvalue weighted by atomic mass is 10.2. The van der Waals surface area contributed by atoms with Crippen molar-refractivity contribution in [2.75, 3.05) is 0 Å². The first-order valence-corrected chi connectivity index (χ1v) is 4.32. The van der Waals surface area contributed by atoms with Gasteiger partial charge >= 0.3 is 0 Å². The Kier molecular flexibility index (Phi) is 3.33. The van der Waals surface area contributed by atoms with E-state index in [-0.39, 0.29) is 0 Å². The number of hydrogen-bond donors (Lipinski definition) is 0. The van der Waals surface area contributed by atoms with Gasteiger partial charge in [-0.3, -0.25) is 4.79 Å². The lowest BCUT2D eigenvalue weighted by molar-refractivity contribution is 0.108. The van der Waals surface area contributed by atoms with Crippen LogP contribution in [0.5, 0.6) is 0 Å². The van der Waals surface area contributed by atoms with Crippen molar-refractivity contribution in [1.29, 1.82) is 0 Å². The Hall–Kier alpha value is -0.780. The number of carbonyl (C=O) groups is 1. The van der Waals surface area contributed by atoms with E-state index < -0.39 is 5.24 Å². The molecule has 0 N–H and O–H groups in total. The van der Waals surface area contributed by atoms with Crippen LogP contribution in [0.2, 0.25) is 0 Å². The van der Waals surface area contributed by atoms with Gasteiger partial charge in [0, 0.05) is 27.1 Å². The van der Waals surface area contributed by atoms with Gasteiger partial charge in [0.15, 0.2) is 0 Å². The highest BCUT2D eigenvalue weighted by molar-refractivity contribution is 9.12. The fraction of sp³-hybridized carbons (Fsp3) is 0. The molecule has 0 radical (unpaired) electrons. The Morgan fingerprint density at radius 3 is 2.33 bits per heavy atom.